The molecule has 0 aromatic carbocycles. The number of nitrogens with one attached hydrogen (secondary N) is 2. The van der Waals surface area contributed by atoms with Crippen molar-refractivity contribution < 1.29 is 9.59 Å². The van der Waals surface area contributed by atoms with Crippen molar-refractivity contribution in [2.24, 2.45) is 5.92 Å². The van der Waals surface area contributed by atoms with Gasteiger partial charge >= 0.3 is 0 Å². The third kappa shape index (κ3) is 4.34. The molecule has 0 aliphatic carbocycles. The zero-order chi connectivity index (χ0) is 12.7. The second kappa shape index (κ2) is 7.27. The molecule has 0 atom stereocenters. The summed E-state index contributed by atoms with van der Waals surface area (Å²) in [5.41, 5.74) is 0. The van der Waals surface area contributed by atoms with Crippen molar-refractivity contribution in [2.45, 2.75) is 26.7 Å². The number of rotatable bonds is 5. The van der Waals surface area contributed by atoms with Crippen molar-refractivity contribution in [1.29, 1.82) is 0 Å². The van der Waals surface area contributed by atoms with E-state index in [2.05, 4.69) is 10.6 Å². The van der Waals surface area contributed by atoms with Crippen molar-refractivity contribution in [3.8, 4) is 0 Å². The third-order valence-electron chi connectivity index (χ3n) is 3.24. The van der Waals surface area contributed by atoms with Gasteiger partial charge in [0.05, 0.1) is 6.54 Å². The van der Waals surface area contributed by atoms with Gasteiger partial charge in [-0.15, -0.1) is 0 Å². The van der Waals surface area contributed by atoms with Crippen molar-refractivity contribution in [2.75, 3.05) is 32.7 Å². The van der Waals surface area contributed by atoms with Gasteiger partial charge in [-0.25, -0.2) is 0 Å². The molecule has 0 saturated carbocycles. The van der Waals surface area contributed by atoms with Crippen LogP contribution in [0.4, 0.5) is 0 Å². The van der Waals surface area contributed by atoms with Gasteiger partial charge in [-0.3, -0.25) is 9.59 Å². The summed E-state index contributed by atoms with van der Waals surface area (Å²) in [5, 5.41) is 5.92. The molecule has 17 heavy (non-hydrogen) atoms. The maximum Gasteiger partial charge on any atom is 0.242 e. The molecular weight excluding hydrogens is 218 g/mol. The van der Waals surface area contributed by atoms with Crippen LogP contribution in [-0.4, -0.2) is 49.4 Å². The molecule has 0 bridgehead atoms. The van der Waals surface area contributed by atoms with Crippen LogP contribution in [0.2, 0.25) is 0 Å². The van der Waals surface area contributed by atoms with Crippen LogP contribution in [0, 0.1) is 5.92 Å². The highest BCUT2D eigenvalue weighted by atomic mass is 16.2. The predicted octanol–water partition coefficient (Wildman–Crippen LogP) is -0.0294. The minimum absolute atomic E-state index is 0.00140. The average Bonchev–Trinajstić information content (AvgIpc) is 2.38. The fourth-order valence-corrected chi connectivity index (χ4v) is 1.99. The Morgan fingerprint density at radius 1 is 1.24 bits per heavy atom. The lowest BCUT2D eigenvalue weighted by Crippen LogP contribution is -2.50. The third-order valence-corrected chi connectivity index (χ3v) is 3.24. The van der Waals surface area contributed by atoms with E-state index in [4.69, 9.17) is 0 Å². The topological polar surface area (TPSA) is 61.4 Å². The molecule has 0 aromatic rings. The summed E-state index contributed by atoms with van der Waals surface area (Å²) >= 11 is 0. The smallest absolute Gasteiger partial charge is 0.242 e. The molecule has 0 aromatic heterocycles. The van der Waals surface area contributed by atoms with Crippen LogP contribution in [-0.2, 0) is 9.59 Å². The molecule has 1 aliphatic heterocycles. The minimum Gasteiger partial charge on any atom is -0.347 e. The van der Waals surface area contributed by atoms with E-state index in [0.29, 0.717) is 0 Å². The molecule has 0 unspecified atom stereocenters. The van der Waals surface area contributed by atoms with Crippen LogP contribution >= 0.6 is 0 Å². The lowest BCUT2D eigenvalue weighted by atomic mass is 10.0. The Hall–Kier alpha value is -1.10. The summed E-state index contributed by atoms with van der Waals surface area (Å²) in [6.07, 6.45) is 1.65. The van der Waals surface area contributed by atoms with E-state index in [9.17, 15) is 9.59 Å². The first-order chi connectivity index (χ1) is 8.19. The fraction of sp³-hybridized carbons (Fsp3) is 0.833. The van der Waals surface area contributed by atoms with Gasteiger partial charge in [0.15, 0.2) is 0 Å². The van der Waals surface area contributed by atoms with E-state index in [1.807, 2.05) is 13.8 Å². The predicted molar refractivity (Wildman–Crippen MR) is 66.5 cm³/mol. The number of amides is 2. The van der Waals surface area contributed by atoms with Crippen LogP contribution in [0.25, 0.3) is 0 Å². The first-order valence-corrected chi connectivity index (χ1v) is 6.45. The molecule has 2 N–H and O–H groups in total. The quantitative estimate of drug-likeness (QED) is 0.710. The van der Waals surface area contributed by atoms with Gasteiger partial charge in [0.1, 0.15) is 0 Å². The first kappa shape index (κ1) is 14.0. The number of piperazine rings is 1. The number of carbonyl (C=O) groups is 2. The summed E-state index contributed by atoms with van der Waals surface area (Å²) in [7, 11) is 0. The molecule has 98 valence electrons. The Morgan fingerprint density at radius 3 is 2.35 bits per heavy atom. The SMILES string of the molecule is CCC(CC)C(=O)NCC(=O)N1CCNCC1. The molecule has 5 heteroatoms. The lowest BCUT2D eigenvalue weighted by Gasteiger charge is -2.27. The first-order valence-electron chi connectivity index (χ1n) is 6.45. The van der Waals surface area contributed by atoms with E-state index >= 15 is 0 Å². The van der Waals surface area contributed by atoms with Gasteiger partial charge < -0.3 is 15.5 Å². The highest BCUT2D eigenvalue weighted by Gasteiger charge is 2.18. The average molecular weight is 241 g/mol. The standard InChI is InChI=1S/C12H23N3O2/c1-3-10(4-2)12(17)14-9-11(16)15-7-5-13-6-8-15/h10,13H,3-9H2,1-2H3,(H,14,17). The number of hydrogen-bond acceptors (Lipinski definition) is 3. The monoisotopic (exact) mass is 241 g/mol. The molecular formula is C12H23N3O2. The Labute approximate surface area is 103 Å². The van der Waals surface area contributed by atoms with Crippen LogP contribution in [0.5, 0.6) is 0 Å². The van der Waals surface area contributed by atoms with Gasteiger partial charge in [0.25, 0.3) is 0 Å². The summed E-state index contributed by atoms with van der Waals surface area (Å²) in [5.74, 6) is 0.0510. The second-order valence-corrected chi connectivity index (χ2v) is 4.36. The summed E-state index contributed by atoms with van der Waals surface area (Å²) < 4.78 is 0. The molecule has 0 radical (unpaired) electrons. The van der Waals surface area contributed by atoms with Gasteiger partial charge in [-0.2, -0.15) is 0 Å². The van der Waals surface area contributed by atoms with Crippen molar-refractivity contribution in [3.63, 3.8) is 0 Å². The number of carbonyl (C=O) groups excluding carboxylic acids is 2. The van der Waals surface area contributed by atoms with Gasteiger partial charge in [0.2, 0.25) is 11.8 Å². The molecule has 2 amide bonds. The zero-order valence-electron chi connectivity index (χ0n) is 10.8. The summed E-state index contributed by atoms with van der Waals surface area (Å²) in [4.78, 5) is 25.3. The maximum absolute atomic E-state index is 11.8. The van der Waals surface area contributed by atoms with E-state index in [1.54, 1.807) is 4.90 Å². The fourth-order valence-electron chi connectivity index (χ4n) is 1.99. The Morgan fingerprint density at radius 2 is 1.82 bits per heavy atom. The Bertz CT molecular complexity index is 258. The zero-order valence-corrected chi connectivity index (χ0v) is 10.8. The number of nitrogens with zero attached hydrogens (tertiary/aromatic N) is 1. The maximum atomic E-state index is 11.8. The largest absolute Gasteiger partial charge is 0.347 e. The Kier molecular flexibility index (Phi) is 5.97. The van der Waals surface area contributed by atoms with Gasteiger partial charge in [-0.1, -0.05) is 13.8 Å². The summed E-state index contributed by atoms with van der Waals surface area (Å²) in [6.45, 7) is 7.27. The van der Waals surface area contributed by atoms with Crippen LogP contribution in [0.1, 0.15) is 26.7 Å². The van der Waals surface area contributed by atoms with Crippen molar-refractivity contribution in [3.05, 3.63) is 0 Å². The highest BCUT2D eigenvalue weighted by Crippen LogP contribution is 2.06. The van der Waals surface area contributed by atoms with Crippen LogP contribution in [0.15, 0.2) is 0 Å². The van der Waals surface area contributed by atoms with Crippen molar-refractivity contribution >= 4 is 11.8 Å². The van der Waals surface area contributed by atoms with Gasteiger partial charge in [0, 0.05) is 32.1 Å². The molecule has 1 heterocycles. The van der Waals surface area contributed by atoms with Crippen LogP contribution < -0.4 is 10.6 Å². The number of hydrogen-bond donors (Lipinski definition) is 2. The molecule has 1 aliphatic rings. The van der Waals surface area contributed by atoms with Crippen LogP contribution in [0.3, 0.4) is 0 Å². The van der Waals surface area contributed by atoms with Gasteiger partial charge in [-0.05, 0) is 12.8 Å². The minimum atomic E-state index is -0.00140. The second-order valence-electron chi connectivity index (χ2n) is 4.36. The lowest BCUT2D eigenvalue weighted by molar-refractivity contribution is -0.134. The van der Waals surface area contributed by atoms with E-state index in [-0.39, 0.29) is 24.3 Å². The molecule has 5 nitrogen and oxygen atoms in total. The summed E-state index contributed by atoms with van der Waals surface area (Å²) in [6, 6.07) is 0. The highest BCUT2D eigenvalue weighted by molar-refractivity contribution is 5.85. The molecule has 1 saturated heterocycles. The Balaban J connectivity index is 2.29. The van der Waals surface area contributed by atoms with E-state index in [0.717, 1.165) is 39.0 Å². The van der Waals surface area contributed by atoms with E-state index in [1.165, 1.54) is 0 Å². The molecule has 1 fully saturated rings. The molecule has 0 spiro atoms. The molecule has 1 rings (SSSR count). The van der Waals surface area contributed by atoms with Crippen molar-refractivity contribution in [1.82, 2.24) is 15.5 Å². The normalized spacial score (nSPS) is 16.1. The van der Waals surface area contributed by atoms with E-state index < -0.39 is 0 Å².